The summed E-state index contributed by atoms with van der Waals surface area (Å²) in [5.74, 6) is 0.849. The van der Waals surface area contributed by atoms with E-state index in [4.69, 9.17) is 10.5 Å². The molecule has 1 aliphatic carbocycles. The number of carbonyl (C=O) groups is 1. The molecule has 0 bridgehead atoms. The van der Waals surface area contributed by atoms with Crippen LogP contribution < -0.4 is 11.1 Å². The van der Waals surface area contributed by atoms with Crippen molar-refractivity contribution in [2.45, 2.75) is 51.2 Å². The highest BCUT2D eigenvalue weighted by Crippen LogP contribution is 2.23. The van der Waals surface area contributed by atoms with Gasteiger partial charge < -0.3 is 15.8 Å². The predicted molar refractivity (Wildman–Crippen MR) is 66.5 cm³/mol. The van der Waals surface area contributed by atoms with Gasteiger partial charge in [-0.05, 0) is 44.9 Å². The van der Waals surface area contributed by atoms with Gasteiger partial charge in [-0.2, -0.15) is 0 Å². The smallest absolute Gasteiger partial charge is 0.225 e. The molecule has 1 saturated carbocycles. The van der Waals surface area contributed by atoms with Gasteiger partial charge >= 0.3 is 0 Å². The monoisotopic (exact) mass is 240 g/mol. The number of hydrogen-bond donors (Lipinski definition) is 2. The second kappa shape index (κ2) is 5.83. The van der Waals surface area contributed by atoms with Crippen molar-refractivity contribution >= 4 is 5.91 Å². The molecule has 1 saturated heterocycles. The fourth-order valence-electron chi connectivity index (χ4n) is 2.84. The van der Waals surface area contributed by atoms with Crippen LogP contribution in [0, 0.1) is 11.8 Å². The van der Waals surface area contributed by atoms with Crippen molar-refractivity contribution in [3.63, 3.8) is 0 Å². The average molecular weight is 240 g/mol. The maximum Gasteiger partial charge on any atom is 0.225 e. The van der Waals surface area contributed by atoms with Gasteiger partial charge in [-0.15, -0.1) is 0 Å². The van der Waals surface area contributed by atoms with E-state index in [1.165, 1.54) is 0 Å². The molecular formula is C13H24N2O2. The Hall–Kier alpha value is -0.610. The van der Waals surface area contributed by atoms with E-state index < -0.39 is 0 Å². The van der Waals surface area contributed by atoms with Gasteiger partial charge in [-0.1, -0.05) is 0 Å². The third-order valence-corrected chi connectivity index (χ3v) is 4.17. The van der Waals surface area contributed by atoms with Crippen LogP contribution in [0.1, 0.15) is 39.0 Å². The number of amides is 1. The maximum atomic E-state index is 11.9. The highest BCUT2D eigenvalue weighted by Gasteiger charge is 2.31. The van der Waals surface area contributed by atoms with Gasteiger partial charge in [0.2, 0.25) is 5.91 Å². The quantitative estimate of drug-likeness (QED) is 0.775. The van der Waals surface area contributed by atoms with Crippen LogP contribution in [0.25, 0.3) is 0 Å². The minimum Gasteiger partial charge on any atom is -0.378 e. The summed E-state index contributed by atoms with van der Waals surface area (Å²) in [6.45, 7) is 3.52. The Bertz CT molecular complexity index is 262. The topological polar surface area (TPSA) is 64.3 Å². The van der Waals surface area contributed by atoms with Crippen LogP contribution in [0.15, 0.2) is 0 Å². The van der Waals surface area contributed by atoms with E-state index in [0.717, 1.165) is 45.3 Å². The van der Waals surface area contributed by atoms with Gasteiger partial charge in [0.1, 0.15) is 0 Å². The number of carbonyl (C=O) groups excluding carboxylic acids is 1. The lowest BCUT2D eigenvalue weighted by Gasteiger charge is -2.26. The molecule has 17 heavy (non-hydrogen) atoms. The van der Waals surface area contributed by atoms with Crippen molar-refractivity contribution in [3.05, 3.63) is 0 Å². The predicted octanol–water partition coefficient (Wildman–Crippen LogP) is 1.05. The summed E-state index contributed by atoms with van der Waals surface area (Å²) >= 11 is 0. The Balaban J connectivity index is 1.69. The molecule has 2 rings (SSSR count). The van der Waals surface area contributed by atoms with Crippen LogP contribution in [0.4, 0.5) is 0 Å². The number of rotatable bonds is 3. The summed E-state index contributed by atoms with van der Waals surface area (Å²) in [5, 5.41) is 3.08. The highest BCUT2D eigenvalue weighted by molar-refractivity contribution is 5.79. The van der Waals surface area contributed by atoms with E-state index in [-0.39, 0.29) is 17.9 Å². The molecule has 1 heterocycles. The second-order valence-electron chi connectivity index (χ2n) is 5.50. The minimum absolute atomic E-state index is 0.0563. The summed E-state index contributed by atoms with van der Waals surface area (Å²) in [6.07, 6.45) is 5.45. The summed E-state index contributed by atoms with van der Waals surface area (Å²) in [7, 11) is 0. The largest absolute Gasteiger partial charge is 0.378 e. The van der Waals surface area contributed by atoms with E-state index in [9.17, 15) is 4.79 Å². The minimum atomic E-state index is 0.0563. The lowest BCUT2D eigenvalue weighted by molar-refractivity contribution is -0.126. The molecule has 3 N–H and O–H groups in total. The molecule has 0 aromatic carbocycles. The molecule has 1 aliphatic heterocycles. The standard InChI is InChI=1S/C13H24N2O2/c1-9-12(6-7-17-9)13(16)15-8-10-2-4-11(14)5-3-10/h9-12H,2-8,14H2,1H3,(H,15,16). The van der Waals surface area contributed by atoms with Crippen molar-refractivity contribution < 1.29 is 9.53 Å². The molecule has 4 heteroatoms. The van der Waals surface area contributed by atoms with E-state index in [1.807, 2.05) is 6.92 Å². The fraction of sp³-hybridized carbons (Fsp3) is 0.923. The van der Waals surface area contributed by atoms with Crippen LogP contribution >= 0.6 is 0 Å². The lowest BCUT2D eigenvalue weighted by atomic mass is 9.86. The summed E-state index contributed by atoms with van der Waals surface area (Å²) < 4.78 is 5.42. The van der Waals surface area contributed by atoms with Gasteiger partial charge in [0.05, 0.1) is 12.0 Å². The van der Waals surface area contributed by atoms with Crippen LogP contribution in [0.3, 0.4) is 0 Å². The molecular weight excluding hydrogens is 216 g/mol. The van der Waals surface area contributed by atoms with Gasteiger partial charge in [0, 0.05) is 19.2 Å². The molecule has 1 amide bonds. The van der Waals surface area contributed by atoms with Gasteiger partial charge in [-0.3, -0.25) is 4.79 Å². The van der Waals surface area contributed by atoms with Crippen molar-refractivity contribution in [1.82, 2.24) is 5.32 Å². The molecule has 2 fully saturated rings. The second-order valence-corrected chi connectivity index (χ2v) is 5.50. The normalized spacial score (nSPS) is 38.0. The molecule has 0 spiro atoms. The molecule has 4 nitrogen and oxygen atoms in total. The molecule has 2 unspecified atom stereocenters. The Labute approximate surface area is 103 Å². The number of nitrogens with two attached hydrogens (primary N) is 1. The third kappa shape index (κ3) is 3.42. The van der Waals surface area contributed by atoms with Gasteiger partial charge in [0.15, 0.2) is 0 Å². The SMILES string of the molecule is CC1OCCC1C(=O)NCC1CCC(N)CC1. The Kier molecular flexibility index (Phi) is 4.40. The van der Waals surface area contributed by atoms with Crippen molar-refractivity contribution in [3.8, 4) is 0 Å². The van der Waals surface area contributed by atoms with E-state index in [1.54, 1.807) is 0 Å². The third-order valence-electron chi connectivity index (χ3n) is 4.17. The molecule has 2 aliphatic rings. The molecule has 0 radical (unpaired) electrons. The van der Waals surface area contributed by atoms with Gasteiger partial charge in [-0.25, -0.2) is 0 Å². The molecule has 98 valence electrons. The number of hydrogen-bond acceptors (Lipinski definition) is 3. The van der Waals surface area contributed by atoms with Crippen molar-refractivity contribution in [1.29, 1.82) is 0 Å². The first-order chi connectivity index (χ1) is 8.16. The Morgan fingerprint density at radius 1 is 1.29 bits per heavy atom. The summed E-state index contributed by atoms with van der Waals surface area (Å²) in [6, 6.07) is 0.380. The highest BCUT2D eigenvalue weighted by atomic mass is 16.5. The number of nitrogens with one attached hydrogen (secondary N) is 1. The first-order valence-electron chi connectivity index (χ1n) is 6.81. The first kappa shape index (κ1) is 12.8. The Morgan fingerprint density at radius 3 is 2.59 bits per heavy atom. The van der Waals surface area contributed by atoms with E-state index in [0.29, 0.717) is 12.0 Å². The van der Waals surface area contributed by atoms with E-state index >= 15 is 0 Å². The lowest BCUT2D eigenvalue weighted by Crippen LogP contribution is -2.38. The zero-order valence-corrected chi connectivity index (χ0v) is 10.7. The Morgan fingerprint density at radius 2 is 2.00 bits per heavy atom. The van der Waals surface area contributed by atoms with Crippen LogP contribution in [0.2, 0.25) is 0 Å². The molecule has 0 aromatic heterocycles. The fourth-order valence-corrected chi connectivity index (χ4v) is 2.84. The number of ether oxygens (including phenoxy) is 1. The van der Waals surface area contributed by atoms with Crippen LogP contribution in [0.5, 0.6) is 0 Å². The van der Waals surface area contributed by atoms with E-state index in [2.05, 4.69) is 5.32 Å². The van der Waals surface area contributed by atoms with Crippen LogP contribution in [-0.4, -0.2) is 31.2 Å². The molecule has 0 aromatic rings. The average Bonchev–Trinajstić information content (AvgIpc) is 2.74. The van der Waals surface area contributed by atoms with Crippen molar-refractivity contribution in [2.24, 2.45) is 17.6 Å². The zero-order valence-electron chi connectivity index (χ0n) is 10.7. The van der Waals surface area contributed by atoms with Gasteiger partial charge in [0.25, 0.3) is 0 Å². The molecule has 2 atom stereocenters. The summed E-state index contributed by atoms with van der Waals surface area (Å²) in [5.41, 5.74) is 5.87. The zero-order chi connectivity index (χ0) is 12.3. The maximum absolute atomic E-state index is 11.9. The van der Waals surface area contributed by atoms with Crippen molar-refractivity contribution in [2.75, 3.05) is 13.2 Å². The van der Waals surface area contributed by atoms with Crippen LogP contribution in [-0.2, 0) is 9.53 Å². The first-order valence-corrected chi connectivity index (χ1v) is 6.81. The summed E-state index contributed by atoms with van der Waals surface area (Å²) in [4.78, 5) is 11.9.